The maximum atomic E-state index is 11.9. The topological polar surface area (TPSA) is 82.5 Å². The number of carbonyl (C=O) groups excluding carboxylic acids is 1. The van der Waals surface area contributed by atoms with Gasteiger partial charge in [0.2, 0.25) is 0 Å². The molecule has 1 aromatic heterocycles. The number of rotatable bonds is 3. The SMILES string of the molecule is CCc1ncsc1NC(=O)N1CCC(C(=O)O)C1. The highest BCUT2D eigenvalue weighted by molar-refractivity contribution is 7.14. The first-order chi connectivity index (χ1) is 8.61. The van der Waals surface area contributed by atoms with Crippen LogP contribution < -0.4 is 5.32 Å². The Labute approximate surface area is 109 Å². The second kappa shape index (κ2) is 5.34. The van der Waals surface area contributed by atoms with E-state index < -0.39 is 11.9 Å². The lowest BCUT2D eigenvalue weighted by Gasteiger charge is -2.16. The minimum Gasteiger partial charge on any atom is -0.481 e. The fourth-order valence-electron chi connectivity index (χ4n) is 1.95. The average Bonchev–Trinajstić information content (AvgIpc) is 2.96. The highest BCUT2D eigenvalue weighted by atomic mass is 32.1. The Morgan fingerprint density at radius 3 is 3.06 bits per heavy atom. The van der Waals surface area contributed by atoms with Crippen LogP contribution in [-0.4, -0.2) is 40.1 Å². The van der Waals surface area contributed by atoms with Crippen molar-refractivity contribution in [1.29, 1.82) is 0 Å². The number of urea groups is 1. The second-order valence-electron chi connectivity index (χ2n) is 4.18. The first-order valence-corrected chi connectivity index (χ1v) is 6.71. The summed E-state index contributed by atoms with van der Waals surface area (Å²) in [4.78, 5) is 28.5. The van der Waals surface area contributed by atoms with E-state index in [0.717, 1.165) is 17.1 Å². The molecule has 6 nitrogen and oxygen atoms in total. The zero-order chi connectivity index (χ0) is 13.1. The Balaban J connectivity index is 1.95. The summed E-state index contributed by atoms with van der Waals surface area (Å²) < 4.78 is 0. The van der Waals surface area contributed by atoms with Gasteiger partial charge in [-0.05, 0) is 12.8 Å². The molecule has 0 saturated carbocycles. The van der Waals surface area contributed by atoms with Crippen molar-refractivity contribution in [3.63, 3.8) is 0 Å². The number of aryl methyl sites for hydroxylation is 1. The molecule has 0 bridgehead atoms. The summed E-state index contributed by atoms with van der Waals surface area (Å²) in [6, 6.07) is -0.238. The number of likely N-dealkylation sites (tertiary alicyclic amines) is 1. The summed E-state index contributed by atoms with van der Waals surface area (Å²) >= 11 is 1.38. The molecule has 0 aromatic carbocycles. The van der Waals surface area contributed by atoms with E-state index >= 15 is 0 Å². The molecule has 0 spiro atoms. The number of amides is 2. The van der Waals surface area contributed by atoms with E-state index in [2.05, 4.69) is 10.3 Å². The van der Waals surface area contributed by atoms with Crippen LogP contribution in [0.5, 0.6) is 0 Å². The molecule has 1 aliphatic rings. The molecule has 1 aromatic rings. The van der Waals surface area contributed by atoms with Crippen molar-refractivity contribution in [3.8, 4) is 0 Å². The molecular weight excluding hydrogens is 254 g/mol. The third kappa shape index (κ3) is 2.61. The summed E-state index contributed by atoms with van der Waals surface area (Å²) in [6.45, 7) is 2.74. The molecule has 1 saturated heterocycles. The normalized spacial score (nSPS) is 18.9. The van der Waals surface area contributed by atoms with Gasteiger partial charge >= 0.3 is 12.0 Å². The van der Waals surface area contributed by atoms with Gasteiger partial charge in [-0.25, -0.2) is 9.78 Å². The van der Waals surface area contributed by atoms with Crippen molar-refractivity contribution < 1.29 is 14.7 Å². The number of aromatic nitrogens is 1. The van der Waals surface area contributed by atoms with Crippen molar-refractivity contribution in [2.45, 2.75) is 19.8 Å². The van der Waals surface area contributed by atoms with E-state index in [1.54, 1.807) is 5.51 Å². The summed E-state index contributed by atoms with van der Waals surface area (Å²) in [5, 5.41) is 12.4. The van der Waals surface area contributed by atoms with E-state index in [9.17, 15) is 9.59 Å². The minimum atomic E-state index is -0.836. The maximum absolute atomic E-state index is 11.9. The fraction of sp³-hybridized carbons (Fsp3) is 0.545. The first-order valence-electron chi connectivity index (χ1n) is 5.83. The van der Waals surface area contributed by atoms with E-state index in [1.165, 1.54) is 16.2 Å². The molecule has 98 valence electrons. The standard InChI is InChI=1S/C11H15N3O3S/c1-2-8-9(18-6-12-8)13-11(17)14-4-3-7(5-14)10(15)16/h6-7H,2-5H2,1H3,(H,13,17)(H,15,16). The zero-order valence-electron chi connectivity index (χ0n) is 10.0. The smallest absolute Gasteiger partial charge is 0.322 e. The third-order valence-electron chi connectivity index (χ3n) is 3.02. The molecule has 7 heteroatoms. The summed E-state index contributed by atoms with van der Waals surface area (Å²) in [5.74, 6) is -1.28. The molecule has 2 rings (SSSR count). The van der Waals surface area contributed by atoms with Crippen LogP contribution in [0.3, 0.4) is 0 Å². The Morgan fingerprint density at radius 1 is 1.67 bits per heavy atom. The molecule has 1 aliphatic heterocycles. The van der Waals surface area contributed by atoms with Gasteiger partial charge < -0.3 is 10.0 Å². The van der Waals surface area contributed by atoms with Crippen molar-refractivity contribution >= 4 is 28.3 Å². The van der Waals surface area contributed by atoms with Crippen molar-refractivity contribution in [3.05, 3.63) is 11.2 Å². The molecule has 18 heavy (non-hydrogen) atoms. The number of thiazole rings is 1. The van der Waals surface area contributed by atoms with Crippen LogP contribution in [0.15, 0.2) is 5.51 Å². The number of carbonyl (C=O) groups is 2. The average molecular weight is 269 g/mol. The van der Waals surface area contributed by atoms with Gasteiger partial charge in [0, 0.05) is 13.1 Å². The number of hydrogen-bond acceptors (Lipinski definition) is 4. The lowest BCUT2D eigenvalue weighted by Crippen LogP contribution is -2.33. The number of carboxylic acid groups (broad SMARTS) is 1. The monoisotopic (exact) mass is 269 g/mol. The van der Waals surface area contributed by atoms with Crippen LogP contribution in [0.4, 0.5) is 9.80 Å². The van der Waals surface area contributed by atoms with Gasteiger partial charge in [0.1, 0.15) is 5.00 Å². The number of nitrogens with one attached hydrogen (secondary N) is 1. The maximum Gasteiger partial charge on any atom is 0.322 e. The first kappa shape index (κ1) is 12.8. The van der Waals surface area contributed by atoms with E-state index in [-0.39, 0.29) is 12.6 Å². The third-order valence-corrected chi connectivity index (χ3v) is 3.81. The van der Waals surface area contributed by atoms with Crippen LogP contribution in [0.25, 0.3) is 0 Å². The molecular formula is C11H15N3O3S. The van der Waals surface area contributed by atoms with Crippen LogP contribution in [0.1, 0.15) is 19.0 Å². The Kier molecular flexibility index (Phi) is 3.81. The number of aliphatic carboxylic acids is 1. The van der Waals surface area contributed by atoms with E-state index in [1.807, 2.05) is 6.92 Å². The van der Waals surface area contributed by atoms with Crippen LogP contribution in [0.2, 0.25) is 0 Å². The largest absolute Gasteiger partial charge is 0.481 e. The lowest BCUT2D eigenvalue weighted by molar-refractivity contribution is -0.141. The highest BCUT2D eigenvalue weighted by Gasteiger charge is 2.31. The summed E-state index contributed by atoms with van der Waals surface area (Å²) in [5.41, 5.74) is 2.56. The molecule has 2 heterocycles. The molecule has 0 radical (unpaired) electrons. The Morgan fingerprint density at radius 2 is 2.44 bits per heavy atom. The quantitative estimate of drug-likeness (QED) is 0.874. The molecule has 1 unspecified atom stereocenters. The molecule has 2 N–H and O–H groups in total. The highest BCUT2D eigenvalue weighted by Crippen LogP contribution is 2.23. The summed E-state index contributed by atoms with van der Waals surface area (Å²) in [6.07, 6.45) is 1.28. The van der Waals surface area contributed by atoms with Gasteiger partial charge in [-0.1, -0.05) is 6.92 Å². The van der Waals surface area contributed by atoms with Gasteiger partial charge in [-0.15, -0.1) is 11.3 Å². The van der Waals surface area contributed by atoms with Crippen LogP contribution in [-0.2, 0) is 11.2 Å². The van der Waals surface area contributed by atoms with E-state index in [0.29, 0.717) is 13.0 Å². The fourth-order valence-corrected chi connectivity index (χ4v) is 2.71. The number of carboxylic acids is 1. The lowest BCUT2D eigenvalue weighted by atomic mass is 10.1. The molecule has 1 fully saturated rings. The van der Waals surface area contributed by atoms with E-state index in [4.69, 9.17) is 5.11 Å². The molecule has 2 amide bonds. The van der Waals surface area contributed by atoms with Crippen molar-refractivity contribution in [2.24, 2.45) is 5.92 Å². The zero-order valence-corrected chi connectivity index (χ0v) is 10.9. The van der Waals surface area contributed by atoms with Gasteiger partial charge in [0.25, 0.3) is 0 Å². The second-order valence-corrected chi connectivity index (χ2v) is 5.04. The molecule has 1 atom stereocenters. The predicted octanol–water partition coefficient (Wildman–Crippen LogP) is 1.64. The number of anilines is 1. The minimum absolute atomic E-state index is 0.238. The van der Waals surface area contributed by atoms with Crippen molar-refractivity contribution in [1.82, 2.24) is 9.88 Å². The van der Waals surface area contributed by atoms with Gasteiger partial charge in [-0.2, -0.15) is 0 Å². The number of hydrogen-bond donors (Lipinski definition) is 2. The van der Waals surface area contributed by atoms with Gasteiger partial charge in [-0.3, -0.25) is 10.1 Å². The summed E-state index contributed by atoms with van der Waals surface area (Å²) in [7, 11) is 0. The van der Waals surface area contributed by atoms with Crippen molar-refractivity contribution in [2.75, 3.05) is 18.4 Å². The molecule has 0 aliphatic carbocycles. The Bertz CT molecular complexity index is 460. The van der Waals surface area contributed by atoms with Gasteiger partial charge in [0.05, 0.1) is 17.1 Å². The van der Waals surface area contributed by atoms with Crippen LogP contribution >= 0.6 is 11.3 Å². The predicted molar refractivity (Wildman–Crippen MR) is 67.8 cm³/mol. The van der Waals surface area contributed by atoms with Gasteiger partial charge in [0.15, 0.2) is 0 Å². The number of nitrogens with zero attached hydrogens (tertiary/aromatic N) is 2. The van der Waals surface area contributed by atoms with Crippen LogP contribution in [0, 0.1) is 5.92 Å². The Hall–Kier alpha value is -1.63.